The summed E-state index contributed by atoms with van der Waals surface area (Å²) in [4.78, 5) is 24.9. The molecule has 0 aliphatic rings. The van der Waals surface area contributed by atoms with E-state index < -0.39 is 18.0 Å². The maximum atomic E-state index is 12.5. The van der Waals surface area contributed by atoms with Gasteiger partial charge in [-0.3, -0.25) is 4.79 Å². The Morgan fingerprint density at radius 1 is 0.868 bits per heavy atom. The first-order chi connectivity index (χ1) is 18.4. The van der Waals surface area contributed by atoms with Crippen molar-refractivity contribution in [3.63, 3.8) is 0 Å². The maximum Gasteiger partial charge on any atom is 0.343 e. The predicted octanol–water partition coefficient (Wildman–Crippen LogP) is 6.26. The number of benzene rings is 4. The van der Waals surface area contributed by atoms with Gasteiger partial charge in [-0.05, 0) is 72.1 Å². The fourth-order valence-corrected chi connectivity index (χ4v) is 3.90. The van der Waals surface area contributed by atoms with Gasteiger partial charge in [0.2, 0.25) is 0 Å². The number of carbonyl (C=O) groups excluding carboxylic acids is 2. The molecule has 0 radical (unpaired) electrons. The Morgan fingerprint density at radius 2 is 1.61 bits per heavy atom. The van der Waals surface area contributed by atoms with Crippen molar-refractivity contribution in [2.24, 2.45) is 5.10 Å². The smallest absolute Gasteiger partial charge is 0.343 e. The van der Waals surface area contributed by atoms with Crippen molar-refractivity contribution >= 4 is 34.0 Å². The summed E-state index contributed by atoms with van der Waals surface area (Å²) in [7, 11) is 1.47. The normalized spacial score (nSPS) is 11.6. The van der Waals surface area contributed by atoms with Crippen molar-refractivity contribution in [1.29, 1.82) is 0 Å². The second-order valence-corrected chi connectivity index (χ2v) is 9.11. The molecule has 4 aromatic rings. The molecule has 1 atom stereocenters. The number of methoxy groups -OCH3 is 1. The van der Waals surface area contributed by atoms with Crippen LogP contribution in [-0.2, 0) is 4.79 Å². The van der Waals surface area contributed by atoms with Crippen LogP contribution in [0.3, 0.4) is 0 Å². The van der Waals surface area contributed by atoms with E-state index in [1.54, 1.807) is 43.3 Å². The zero-order valence-electron chi connectivity index (χ0n) is 20.8. The van der Waals surface area contributed by atoms with Gasteiger partial charge in [0.05, 0.1) is 18.9 Å². The lowest BCUT2D eigenvalue weighted by Crippen LogP contribution is -2.33. The summed E-state index contributed by atoms with van der Waals surface area (Å²) in [6, 6.07) is 29.4. The lowest BCUT2D eigenvalue weighted by molar-refractivity contribution is -0.127. The number of carbonyl (C=O) groups is 2. The van der Waals surface area contributed by atoms with Crippen molar-refractivity contribution in [2.75, 3.05) is 7.11 Å². The van der Waals surface area contributed by atoms with E-state index in [2.05, 4.69) is 26.5 Å². The molecule has 0 heterocycles. The van der Waals surface area contributed by atoms with E-state index in [1.807, 2.05) is 60.7 Å². The van der Waals surface area contributed by atoms with Crippen LogP contribution in [-0.4, -0.2) is 31.3 Å². The molecule has 1 amide bonds. The molecule has 0 aliphatic carbocycles. The molecule has 4 rings (SSSR count). The Bertz CT molecular complexity index is 1440. The lowest BCUT2D eigenvalue weighted by Gasteiger charge is -2.13. The van der Waals surface area contributed by atoms with Gasteiger partial charge in [0, 0.05) is 4.47 Å². The topological polar surface area (TPSA) is 86.2 Å². The Hall–Kier alpha value is -4.43. The summed E-state index contributed by atoms with van der Waals surface area (Å²) < 4.78 is 17.4. The van der Waals surface area contributed by atoms with Crippen molar-refractivity contribution < 1.29 is 23.8 Å². The van der Waals surface area contributed by atoms with Crippen molar-refractivity contribution in [3.05, 3.63) is 113 Å². The molecule has 38 heavy (non-hydrogen) atoms. The molecule has 0 fully saturated rings. The fraction of sp³-hybridized carbons (Fsp3) is 0.100. The van der Waals surface area contributed by atoms with Gasteiger partial charge in [0.25, 0.3) is 5.91 Å². The van der Waals surface area contributed by atoms with E-state index >= 15 is 0 Å². The molecule has 0 saturated heterocycles. The quantitative estimate of drug-likeness (QED) is 0.111. The van der Waals surface area contributed by atoms with Gasteiger partial charge >= 0.3 is 5.97 Å². The minimum Gasteiger partial charge on any atom is -0.493 e. The average Bonchev–Trinajstić information content (AvgIpc) is 2.94. The number of esters is 1. The highest BCUT2D eigenvalue weighted by molar-refractivity contribution is 9.10. The molecule has 0 saturated carbocycles. The second-order valence-electron chi connectivity index (χ2n) is 8.19. The number of rotatable bonds is 9. The second kappa shape index (κ2) is 12.7. The molecule has 7 nitrogen and oxygen atoms in total. The molecule has 0 spiro atoms. The van der Waals surface area contributed by atoms with Gasteiger partial charge in [0.1, 0.15) is 5.75 Å². The number of hydrazone groups is 1. The zero-order valence-corrected chi connectivity index (χ0v) is 22.3. The predicted molar refractivity (Wildman–Crippen MR) is 150 cm³/mol. The number of ether oxygens (including phenoxy) is 3. The van der Waals surface area contributed by atoms with E-state index in [-0.39, 0.29) is 5.75 Å². The fourth-order valence-electron chi connectivity index (χ4n) is 3.50. The minimum atomic E-state index is -0.760. The Kier molecular flexibility index (Phi) is 8.89. The third-order valence-corrected chi connectivity index (χ3v) is 5.98. The van der Waals surface area contributed by atoms with E-state index in [0.717, 1.165) is 15.6 Å². The number of hydrogen-bond donors (Lipinski definition) is 1. The molecule has 1 unspecified atom stereocenters. The summed E-state index contributed by atoms with van der Waals surface area (Å²) in [5, 5.41) is 4.01. The Labute approximate surface area is 229 Å². The Balaban J connectivity index is 1.32. The van der Waals surface area contributed by atoms with Crippen LogP contribution in [0.5, 0.6) is 17.2 Å². The summed E-state index contributed by atoms with van der Waals surface area (Å²) in [6.45, 7) is 1.65. The van der Waals surface area contributed by atoms with Crippen LogP contribution in [0, 0.1) is 0 Å². The van der Waals surface area contributed by atoms with E-state index in [4.69, 9.17) is 14.2 Å². The summed E-state index contributed by atoms with van der Waals surface area (Å²) >= 11 is 3.34. The molecule has 0 aliphatic heterocycles. The summed E-state index contributed by atoms with van der Waals surface area (Å²) in [6.07, 6.45) is 0.700. The van der Waals surface area contributed by atoms with Crippen LogP contribution < -0.4 is 19.6 Å². The van der Waals surface area contributed by atoms with Gasteiger partial charge < -0.3 is 14.2 Å². The SMILES string of the molecule is COc1cc(C=NNC(=O)C(C)Oc2ccc(-c3ccccc3)cc2)ccc1OC(=O)c1cccc(Br)c1. The van der Waals surface area contributed by atoms with Crippen LogP contribution in [0.4, 0.5) is 0 Å². The third-order valence-electron chi connectivity index (χ3n) is 5.48. The standard InChI is InChI=1S/C30H25BrN2O5/c1-20(37-26-14-12-23(13-15-26)22-7-4-3-5-8-22)29(34)33-32-19-21-11-16-27(28(17-21)36-2)38-30(35)24-9-6-10-25(31)18-24/h3-20H,1-2H3,(H,33,34). The molecule has 4 aromatic carbocycles. The lowest BCUT2D eigenvalue weighted by atomic mass is 10.1. The first kappa shape index (κ1) is 26.6. The molecule has 0 bridgehead atoms. The molecular weight excluding hydrogens is 548 g/mol. The van der Waals surface area contributed by atoms with Gasteiger partial charge in [-0.2, -0.15) is 5.10 Å². The largest absolute Gasteiger partial charge is 0.493 e. The highest BCUT2D eigenvalue weighted by atomic mass is 79.9. The van der Waals surface area contributed by atoms with Gasteiger partial charge in [0.15, 0.2) is 17.6 Å². The van der Waals surface area contributed by atoms with E-state index in [0.29, 0.717) is 22.6 Å². The number of amides is 1. The molecule has 1 N–H and O–H groups in total. The molecule has 8 heteroatoms. The van der Waals surface area contributed by atoms with Crippen LogP contribution in [0.25, 0.3) is 11.1 Å². The monoisotopic (exact) mass is 572 g/mol. The maximum absolute atomic E-state index is 12.5. The average molecular weight is 573 g/mol. The molecular formula is C30H25BrN2O5. The third kappa shape index (κ3) is 7.08. The molecule has 192 valence electrons. The van der Waals surface area contributed by atoms with Crippen molar-refractivity contribution in [2.45, 2.75) is 13.0 Å². The van der Waals surface area contributed by atoms with Crippen LogP contribution in [0.2, 0.25) is 0 Å². The van der Waals surface area contributed by atoms with E-state index in [9.17, 15) is 9.59 Å². The number of halogens is 1. The summed E-state index contributed by atoms with van der Waals surface area (Å²) in [5.74, 6) is 0.272. The Morgan fingerprint density at radius 3 is 2.32 bits per heavy atom. The van der Waals surface area contributed by atoms with Gasteiger partial charge in [-0.1, -0.05) is 64.5 Å². The first-order valence-corrected chi connectivity index (χ1v) is 12.5. The van der Waals surface area contributed by atoms with Gasteiger partial charge in [-0.25, -0.2) is 10.2 Å². The number of hydrogen-bond acceptors (Lipinski definition) is 6. The highest BCUT2D eigenvalue weighted by Gasteiger charge is 2.15. The zero-order chi connectivity index (χ0) is 26.9. The van der Waals surface area contributed by atoms with E-state index in [1.165, 1.54) is 13.3 Å². The number of nitrogens with one attached hydrogen (secondary N) is 1. The number of nitrogens with zero attached hydrogens (tertiary/aromatic N) is 1. The highest BCUT2D eigenvalue weighted by Crippen LogP contribution is 2.29. The molecule has 0 aromatic heterocycles. The van der Waals surface area contributed by atoms with Gasteiger partial charge in [-0.15, -0.1) is 0 Å². The van der Waals surface area contributed by atoms with Crippen LogP contribution in [0.15, 0.2) is 107 Å². The minimum absolute atomic E-state index is 0.263. The summed E-state index contributed by atoms with van der Waals surface area (Å²) in [5.41, 5.74) is 5.67. The van der Waals surface area contributed by atoms with Crippen LogP contribution in [0.1, 0.15) is 22.8 Å². The van der Waals surface area contributed by atoms with Crippen molar-refractivity contribution in [3.8, 4) is 28.4 Å². The first-order valence-electron chi connectivity index (χ1n) is 11.7. The van der Waals surface area contributed by atoms with Crippen molar-refractivity contribution in [1.82, 2.24) is 5.43 Å². The van der Waals surface area contributed by atoms with Crippen LogP contribution >= 0.6 is 15.9 Å².